The average Bonchev–Trinajstić information content (AvgIpc) is 3.20. The third-order valence-electron chi connectivity index (χ3n) is 5.54. The van der Waals surface area contributed by atoms with Crippen molar-refractivity contribution in [2.45, 2.75) is 32.3 Å². The summed E-state index contributed by atoms with van der Waals surface area (Å²) in [5.41, 5.74) is 8.19. The van der Waals surface area contributed by atoms with Crippen LogP contribution in [0.5, 0.6) is 0 Å². The van der Waals surface area contributed by atoms with Crippen LogP contribution in [0, 0.1) is 0 Å². The van der Waals surface area contributed by atoms with Crippen molar-refractivity contribution in [2.75, 3.05) is 24.3 Å². The van der Waals surface area contributed by atoms with Crippen LogP contribution in [0.1, 0.15) is 36.2 Å². The molecule has 0 bridgehead atoms. The number of amides is 2. The van der Waals surface area contributed by atoms with Gasteiger partial charge in [0.05, 0.1) is 22.8 Å². The number of nitrogens with one attached hydrogen (secondary N) is 1. The van der Waals surface area contributed by atoms with Gasteiger partial charge in [-0.2, -0.15) is 5.10 Å². The molecular formula is C26H30ClN5O4. The predicted molar refractivity (Wildman–Crippen MR) is 140 cm³/mol. The molecule has 10 heteroatoms. The first-order valence-corrected chi connectivity index (χ1v) is 11.6. The molecule has 0 saturated carbocycles. The van der Waals surface area contributed by atoms with Crippen LogP contribution in [0.3, 0.4) is 0 Å². The first-order valence-electron chi connectivity index (χ1n) is 11.3. The summed E-state index contributed by atoms with van der Waals surface area (Å²) in [6.45, 7) is 3.43. The summed E-state index contributed by atoms with van der Waals surface area (Å²) in [5.74, 6) is -0.819. The van der Waals surface area contributed by atoms with Gasteiger partial charge >= 0.3 is 6.09 Å². The van der Waals surface area contributed by atoms with Gasteiger partial charge in [0.25, 0.3) is 0 Å². The van der Waals surface area contributed by atoms with Gasteiger partial charge in [-0.3, -0.25) is 14.3 Å². The summed E-state index contributed by atoms with van der Waals surface area (Å²) in [7, 11) is 5.50. The Labute approximate surface area is 215 Å². The van der Waals surface area contributed by atoms with Gasteiger partial charge in [0.15, 0.2) is 5.78 Å². The van der Waals surface area contributed by atoms with E-state index in [-0.39, 0.29) is 18.6 Å². The lowest BCUT2D eigenvalue weighted by Crippen LogP contribution is -2.33. The Balaban J connectivity index is 1.82. The molecule has 0 aliphatic carbocycles. The predicted octanol–water partition coefficient (Wildman–Crippen LogP) is 4.43. The van der Waals surface area contributed by atoms with E-state index in [9.17, 15) is 14.4 Å². The van der Waals surface area contributed by atoms with E-state index in [0.717, 1.165) is 16.9 Å². The molecule has 2 amide bonds. The number of carbonyl (C=O) groups is 3. The molecule has 0 saturated heterocycles. The fraction of sp³-hybridized carbons (Fsp3) is 0.308. The normalized spacial score (nSPS) is 11.2. The zero-order chi connectivity index (χ0) is 26.6. The Bertz CT molecular complexity index is 1300. The number of rotatable bonds is 9. The van der Waals surface area contributed by atoms with Crippen LogP contribution in [0.4, 0.5) is 16.2 Å². The molecule has 2 aromatic carbocycles. The van der Waals surface area contributed by atoms with E-state index in [4.69, 9.17) is 22.1 Å². The zero-order valence-corrected chi connectivity index (χ0v) is 21.7. The second kappa shape index (κ2) is 10.8. The molecule has 3 aromatic rings. The molecule has 0 fully saturated rings. The minimum atomic E-state index is -0.940. The second-order valence-corrected chi connectivity index (χ2v) is 9.69. The minimum Gasteiger partial charge on any atom is -0.443 e. The second-order valence-electron chi connectivity index (χ2n) is 9.28. The van der Waals surface area contributed by atoms with Crippen LogP contribution in [0.2, 0.25) is 5.02 Å². The van der Waals surface area contributed by atoms with Crippen LogP contribution >= 0.6 is 11.6 Å². The Morgan fingerprint density at radius 3 is 2.50 bits per heavy atom. The van der Waals surface area contributed by atoms with Gasteiger partial charge < -0.3 is 20.7 Å². The maximum absolute atomic E-state index is 12.9. The van der Waals surface area contributed by atoms with Gasteiger partial charge in [-0.05, 0) is 43.7 Å². The Morgan fingerprint density at radius 1 is 1.17 bits per heavy atom. The first-order chi connectivity index (χ1) is 16.9. The molecule has 190 valence electrons. The maximum atomic E-state index is 12.9. The number of aryl methyl sites for hydroxylation is 1. The number of hydrogen-bond acceptors (Lipinski definition) is 6. The minimum absolute atomic E-state index is 0.254. The van der Waals surface area contributed by atoms with E-state index < -0.39 is 17.6 Å². The fourth-order valence-corrected chi connectivity index (χ4v) is 4.26. The number of nitrogens with zero attached hydrogens (tertiary/aromatic N) is 3. The number of halogens is 1. The van der Waals surface area contributed by atoms with E-state index >= 15 is 0 Å². The Morgan fingerprint density at radius 2 is 1.89 bits per heavy atom. The summed E-state index contributed by atoms with van der Waals surface area (Å²) in [4.78, 5) is 39.0. The van der Waals surface area contributed by atoms with Crippen molar-refractivity contribution in [2.24, 2.45) is 12.8 Å². The molecule has 0 atom stereocenters. The molecule has 1 heterocycles. The van der Waals surface area contributed by atoms with Gasteiger partial charge in [-0.15, -0.1) is 0 Å². The first kappa shape index (κ1) is 26.7. The van der Waals surface area contributed by atoms with Gasteiger partial charge in [-0.1, -0.05) is 29.8 Å². The molecule has 3 N–H and O–H groups in total. The molecule has 3 rings (SSSR count). The SMILES string of the molecule is CN(C)c1cc(CC(C)(C)OC(N)=O)c(NC(=O)CC(=O)c2cccc(-c3ccnn3C)c2)cc1Cl. The van der Waals surface area contributed by atoms with Crippen molar-refractivity contribution in [1.82, 2.24) is 9.78 Å². The highest BCUT2D eigenvalue weighted by Gasteiger charge is 2.26. The van der Waals surface area contributed by atoms with E-state index in [0.29, 0.717) is 21.8 Å². The van der Waals surface area contributed by atoms with Crippen LogP contribution in [0.25, 0.3) is 11.3 Å². The molecule has 0 spiro atoms. The number of primary amides is 1. The summed E-state index contributed by atoms with van der Waals surface area (Å²) < 4.78 is 6.93. The van der Waals surface area contributed by atoms with E-state index in [1.165, 1.54) is 0 Å². The lowest BCUT2D eigenvalue weighted by Gasteiger charge is -2.27. The fourth-order valence-electron chi connectivity index (χ4n) is 3.93. The van der Waals surface area contributed by atoms with E-state index in [2.05, 4.69) is 10.4 Å². The van der Waals surface area contributed by atoms with Crippen LogP contribution in [0.15, 0.2) is 48.7 Å². The molecular weight excluding hydrogens is 482 g/mol. The monoisotopic (exact) mass is 511 g/mol. The van der Waals surface area contributed by atoms with Crippen LogP contribution in [-0.2, 0) is 23.0 Å². The highest BCUT2D eigenvalue weighted by Crippen LogP contribution is 2.34. The molecule has 0 aliphatic heterocycles. The van der Waals surface area contributed by atoms with Gasteiger partial charge in [0.2, 0.25) is 5.91 Å². The number of benzene rings is 2. The molecule has 9 nitrogen and oxygen atoms in total. The number of nitrogens with two attached hydrogens (primary N) is 1. The summed E-state index contributed by atoms with van der Waals surface area (Å²) in [6.07, 6.45) is 0.677. The topological polar surface area (TPSA) is 120 Å². The molecule has 1 aromatic heterocycles. The van der Waals surface area contributed by atoms with Crippen LogP contribution < -0.4 is 16.0 Å². The lowest BCUT2D eigenvalue weighted by atomic mass is 9.96. The third-order valence-corrected chi connectivity index (χ3v) is 5.85. The summed E-state index contributed by atoms with van der Waals surface area (Å²) in [6, 6.07) is 12.3. The lowest BCUT2D eigenvalue weighted by molar-refractivity contribution is -0.115. The largest absolute Gasteiger partial charge is 0.443 e. The van der Waals surface area contributed by atoms with Crippen molar-refractivity contribution in [3.8, 4) is 11.3 Å². The molecule has 36 heavy (non-hydrogen) atoms. The summed E-state index contributed by atoms with van der Waals surface area (Å²) >= 11 is 6.44. The number of ketones is 1. The number of carbonyl (C=O) groups excluding carboxylic acids is 3. The van der Waals surface area contributed by atoms with E-state index in [1.807, 2.05) is 44.2 Å². The van der Waals surface area contributed by atoms with Gasteiger partial charge in [-0.25, -0.2) is 4.79 Å². The molecule has 0 radical (unpaired) electrons. The van der Waals surface area contributed by atoms with Crippen molar-refractivity contribution < 1.29 is 19.1 Å². The average molecular weight is 512 g/mol. The quantitative estimate of drug-likeness (QED) is 0.324. The zero-order valence-electron chi connectivity index (χ0n) is 21.0. The maximum Gasteiger partial charge on any atom is 0.405 e. The van der Waals surface area contributed by atoms with Crippen molar-refractivity contribution in [1.29, 1.82) is 0 Å². The van der Waals surface area contributed by atoms with Crippen LogP contribution in [-0.4, -0.2) is 47.3 Å². The van der Waals surface area contributed by atoms with Gasteiger partial charge in [0, 0.05) is 50.6 Å². The molecule has 0 aliphatic rings. The number of anilines is 2. The van der Waals surface area contributed by atoms with Gasteiger partial charge in [0.1, 0.15) is 5.60 Å². The highest BCUT2D eigenvalue weighted by molar-refractivity contribution is 6.33. The smallest absolute Gasteiger partial charge is 0.405 e. The van der Waals surface area contributed by atoms with Crippen molar-refractivity contribution >= 4 is 40.8 Å². The Kier molecular flexibility index (Phi) is 8.04. The van der Waals surface area contributed by atoms with Crippen molar-refractivity contribution in [3.63, 3.8) is 0 Å². The standard InChI is InChI=1S/C26H30ClN5O4/c1-26(2,36-25(28)35)15-18-12-22(31(3)4)19(27)13-20(18)30-24(34)14-23(33)17-8-6-7-16(11-17)21-9-10-29-32(21)5/h6-13H,14-15H2,1-5H3,(H2,28,35)(H,30,34). The Hall–Kier alpha value is -3.85. The third kappa shape index (κ3) is 6.63. The van der Waals surface area contributed by atoms with E-state index in [1.54, 1.807) is 49.0 Å². The van der Waals surface area contributed by atoms with Crippen molar-refractivity contribution in [3.05, 3.63) is 64.8 Å². The number of Topliss-reactive ketones (excluding diaryl/α,β-unsaturated/α-hetero) is 1. The molecule has 0 unspecified atom stereocenters. The number of hydrogen-bond donors (Lipinski definition) is 2. The number of aromatic nitrogens is 2. The number of ether oxygens (including phenoxy) is 1. The highest BCUT2D eigenvalue weighted by atomic mass is 35.5. The summed E-state index contributed by atoms with van der Waals surface area (Å²) in [5, 5.41) is 7.37.